The standard InChI is InChI=1S/C18H24O3/c1-13-9-10-15(16(11-13)21-17(20)12-19)18(2,3)14-7-5-4-6-8-14/h4-8,12-13,15-16H,9-11H2,1-3H3/t13-,15-,16-/m0/s1. The molecule has 0 heterocycles. The normalized spacial score (nSPS) is 26.1. The molecule has 0 spiro atoms. The van der Waals surface area contributed by atoms with Gasteiger partial charge in [0.2, 0.25) is 6.29 Å². The van der Waals surface area contributed by atoms with E-state index in [9.17, 15) is 9.59 Å². The van der Waals surface area contributed by atoms with Gasteiger partial charge in [0.25, 0.3) is 0 Å². The summed E-state index contributed by atoms with van der Waals surface area (Å²) < 4.78 is 5.42. The van der Waals surface area contributed by atoms with Crippen LogP contribution in [0, 0.1) is 11.8 Å². The number of ether oxygens (including phenoxy) is 1. The maximum atomic E-state index is 11.4. The van der Waals surface area contributed by atoms with Gasteiger partial charge < -0.3 is 4.74 Å². The predicted octanol–water partition coefficient (Wildman–Crippen LogP) is 3.51. The molecule has 0 bridgehead atoms. The summed E-state index contributed by atoms with van der Waals surface area (Å²) in [5.41, 5.74) is 1.16. The van der Waals surface area contributed by atoms with Gasteiger partial charge in [-0.3, -0.25) is 4.79 Å². The fraction of sp³-hybridized carbons (Fsp3) is 0.556. The molecule has 1 aromatic carbocycles. The number of carbonyl (C=O) groups is 2. The van der Waals surface area contributed by atoms with Crippen molar-refractivity contribution in [2.75, 3.05) is 0 Å². The number of hydrogen-bond donors (Lipinski definition) is 0. The van der Waals surface area contributed by atoms with Crippen molar-refractivity contribution in [3.8, 4) is 0 Å². The molecule has 0 saturated heterocycles. The quantitative estimate of drug-likeness (QED) is 0.484. The van der Waals surface area contributed by atoms with Gasteiger partial charge in [-0.2, -0.15) is 0 Å². The lowest BCUT2D eigenvalue weighted by Crippen LogP contribution is -2.43. The third-order valence-corrected chi connectivity index (χ3v) is 4.86. The first-order valence-corrected chi connectivity index (χ1v) is 7.66. The van der Waals surface area contributed by atoms with Gasteiger partial charge in [0, 0.05) is 5.92 Å². The second kappa shape index (κ2) is 6.42. The molecule has 21 heavy (non-hydrogen) atoms. The molecule has 0 aromatic heterocycles. The van der Waals surface area contributed by atoms with E-state index in [1.54, 1.807) is 0 Å². The third-order valence-electron chi connectivity index (χ3n) is 4.86. The Hall–Kier alpha value is -1.64. The van der Waals surface area contributed by atoms with Crippen LogP contribution in [0.25, 0.3) is 0 Å². The predicted molar refractivity (Wildman–Crippen MR) is 81.9 cm³/mol. The Labute approximate surface area is 126 Å². The van der Waals surface area contributed by atoms with Gasteiger partial charge in [-0.25, -0.2) is 4.79 Å². The van der Waals surface area contributed by atoms with E-state index in [-0.39, 0.29) is 23.7 Å². The largest absolute Gasteiger partial charge is 0.457 e. The van der Waals surface area contributed by atoms with Crippen LogP contribution < -0.4 is 0 Å². The van der Waals surface area contributed by atoms with Gasteiger partial charge in [-0.1, -0.05) is 57.5 Å². The number of carbonyl (C=O) groups excluding carboxylic acids is 2. The third kappa shape index (κ3) is 3.52. The van der Waals surface area contributed by atoms with E-state index in [0.29, 0.717) is 5.92 Å². The molecule has 0 N–H and O–H groups in total. The summed E-state index contributed by atoms with van der Waals surface area (Å²) in [6, 6.07) is 10.3. The average molecular weight is 288 g/mol. The van der Waals surface area contributed by atoms with E-state index in [0.717, 1.165) is 19.3 Å². The van der Waals surface area contributed by atoms with E-state index >= 15 is 0 Å². The smallest absolute Gasteiger partial charge is 0.371 e. The molecule has 3 atom stereocenters. The lowest BCUT2D eigenvalue weighted by atomic mass is 9.64. The summed E-state index contributed by atoms with van der Waals surface area (Å²) in [4.78, 5) is 22.0. The van der Waals surface area contributed by atoms with Crippen molar-refractivity contribution in [1.82, 2.24) is 0 Å². The van der Waals surface area contributed by atoms with Crippen molar-refractivity contribution in [3.63, 3.8) is 0 Å². The van der Waals surface area contributed by atoms with E-state index < -0.39 is 5.97 Å². The number of aldehydes is 1. The Morgan fingerprint density at radius 2 is 1.90 bits per heavy atom. The zero-order valence-electron chi connectivity index (χ0n) is 13.0. The molecule has 114 valence electrons. The maximum Gasteiger partial charge on any atom is 0.371 e. The SMILES string of the molecule is C[C@H]1CC[C@H](C(C)(C)c2ccccc2)[C@@H](OC(=O)C=O)C1. The molecule has 1 aromatic rings. The van der Waals surface area contributed by atoms with Crippen LogP contribution in [0.3, 0.4) is 0 Å². The second-order valence-corrected chi connectivity index (χ2v) is 6.71. The summed E-state index contributed by atoms with van der Waals surface area (Å²) in [7, 11) is 0. The van der Waals surface area contributed by atoms with Crippen molar-refractivity contribution < 1.29 is 14.3 Å². The minimum Gasteiger partial charge on any atom is -0.457 e. The van der Waals surface area contributed by atoms with E-state index in [1.807, 2.05) is 18.2 Å². The Balaban J connectivity index is 2.25. The van der Waals surface area contributed by atoms with Crippen molar-refractivity contribution in [3.05, 3.63) is 35.9 Å². The molecule has 0 amide bonds. The highest BCUT2D eigenvalue weighted by atomic mass is 16.5. The molecular formula is C18H24O3. The highest BCUT2D eigenvalue weighted by Gasteiger charge is 2.41. The first-order valence-electron chi connectivity index (χ1n) is 7.66. The molecule has 1 fully saturated rings. The number of hydrogen-bond acceptors (Lipinski definition) is 3. The number of benzene rings is 1. The molecule has 3 heteroatoms. The van der Waals surface area contributed by atoms with Crippen LogP contribution in [0.5, 0.6) is 0 Å². The lowest BCUT2D eigenvalue weighted by Gasteiger charge is -2.43. The highest BCUT2D eigenvalue weighted by Crippen LogP contribution is 2.43. The van der Waals surface area contributed by atoms with Gasteiger partial charge in [-0.05, 0) is 29.7 Å². The molecular weight excluding hydrogens is 264 g/mol. The van der Waals surface area contributed by atoms with Crippen molar-refractivity contribution >= 4 is 12.3 Å². The Kier molecular flexibility index (Phi) is 4.81. The molecule has 1 aliphatic carbocycles. The van der Waals surface area contributed by atoms with Crippen molar-refractivity contribution in [1.29, 1.82) is 0 Å². The Morgan fingerprint density at radius 1 is 1.24 bits per heavy atom. The van der Waals surface area contributed by atoms with Crippen LogP contribution in [-0.2, 0) is 19.7 Å². The van der Waals surface area contributed by atoms with E-state index in [1.165, 1.54) is 5.56 Å². The molecule has 1 saturated carbocycles. The highest BCUT2D eigenvalue weighted by molar-refractivity contribution is 6.20. The van der Waals surface area contributed by atoms with Gasteiger partial charge in [0.15, 0.2) is 0 Å². The first-order chi connectivity index (χ1) is 9.95. The number of rotatable bonds is 4. The van der Waals surface area contributed by atoms with Gasteiger partial charge in [0.05, 0.1) is 0 Å². The van der Waals surface area contributed by atoms with E-state index in [2.05, 4.69) is 32.9 Å². The van der Waals surface area contributed by atoms with Gasteiger partial charge in [-0.15, -0.1) is 0 Å². The van der Waals surface area contributed by atoms with Crippen LogP contribution >= 0.6 is 0 Å². The number of esters is 1. The Morgan fingerprint density at radius 3 is 2.52 bits per heavy atom. The fourth-order valence-corrected chi connectivity index (χ4v) is 3.54. The van der Waals surface area contributed by atoms with Crippen molar-refractivity contribution in [2.45, 2.75) is 51.6 Å². The summed E-state index contributed by atoms with van der Waals surface area (Å²) >= 11 is 0. The summed E-state index contributed by atoms with van der Waals surface area (Å²) in [5, 5.41) is 0. The maximum absolute atomic E-state index is 11.4. The lowest BCUT2D eigenvalue weighted by molar-refractivity contribution is -0.159. The molecule has 0 aliphatic heterocycles. The van der Waals surface area contributed by atoms with Crippen LogP contribution in [0.1, 0.15) is 45.6 Å². The minimum absolute atomic E-state index is 0.0881. The minimum atomic E-state index is -0.747. The Bertz CT molecular complexity index is 492. The summed E-state index contributed by atoms with van der Waals surface area (Å²) in [6.07, 6.45) is 3.07. The zero-order chi connectivity index (χ0) is 15.5. The van der Waals surface area contributed by atoms with Crippen LogP contribution in [-0.4, -0.2) is 18.4 Å². The second-order valence-electron chi connectivity index (χ2n) is 6.71. The molecule has 0 unspecified atom stereocenters. The monoisotopic (exact) mass is 288 g/mol. The van der Waals surface area contributed by atoms with Crippen LogP contribution in [0.2, 0.25) is 0 Å². The molecule has 1 aliphatic rings. The van der Waals surface area contributed by atoms with Gasteiger partial charge in [0.1, 0.15) is 6.10 Å². The fourth-order valence-electron chi connectivity index (χ4n) is 3.54. The van der Waals surface area contributed by atoms with Crippen molar-refractivity contribution in [2.24, 2.45) is 11.8 Å². The average Bonchev–Trinajstić information content (AvgIpc) is 2.48. The molecule has 3 nitrogen and oxygen atoms in total. The van der Waals surface area contributed by atoms with E-state index in [4.69, 9.17) is 4.74 Å². The summed E-state index contributed by atoms with van der Waals surface area (Å²) in [5.74, 6) is 0.0141. The topological polar surface area (TPSA) is 43.4 Å². The van der Waals surface area contributed by atoms with Crippen LogP contribution in [0.4, 0.5) is 0 Å². The molecule has 2 rings (SSSR count). The molecule has 0 radical (unpaired) electrons. The first kappa shape index (κ1) is 15.7. The summed E-state index contributed by atoms with van der Waals surface area (Å²) in [6.45, 7) is 6.57. The van der Waals surface area contributed by atoms with Gasteiger partial charge >= 0.3 is 5.97 Å². The van der Waals surface area contributed by atoms with Crippen LogP contribution in [0.15, 0.2) is 30.3 Å². The zero-order valence-corrected chi connectivity index (χ0v) is 13.0.